The Hall–Kier alpha value is -2.20. The third-order valence-electron chi connectivity index (χ3n) is 4.09. The first-order valence-corrected chi connectivity index (χ1v) is 8.05. The van der Waals surface area contributed by atoms with Gasteiger partial charge in [-0.05, 0) is 12.0 Å². The first kappa shape index (κ1) is 17.2. The van der Waals surface area contributed by atoms with E-state index in [2.05, 4.69) is 6.92 Å². The molecule has 1 atom stereocenters. The van der Waals surface area contributed by atoms with Crippen molar-refractivity contribution < 1.29 is 19.2 Å². The van der Waals surface area contributed by atoms with E-state index in [1.807, 2.05) is 44.2 Å². The van der Waals surface area contributed by atoms with E-state index in [9.17, 15) is 9.59 Å². The summed E-state index contributed by atoms with van der Waals surface area (Å²) in [5.41, 5.74) is 2.81. The van der Waals surface area contributed by atoms with Crippen LogP contribution in [0.5, 0.6) is 0 Å². The van der Waals surface area contributed by atoms with E-state index in [0.29, 0.717) is 0 Å². The Balaban J connectivity index is 2.13. The monoisotopic (exact) mass is 314 g/mol. The van der Waals surface area contributed by atoms with Crippen molar-refractivity contribution in [2.24, 2.45) is 0 Å². The largest absolute Gasteiger partial charge is 0.457 e. The number of ketones is 1. The minimum absolute atomic E-state index is 0.177. The first-order chi connectivity index (χ1) is 11.0. The highest BCUT2D eigenvalue weighted by molar-refractivity contribution is 6.22. The van der Waals surface area contributed by atoms with Gasteiger partial charge in [-0.2, -0.15) is 0 Å². The summed E-state index contributed by atoms with van der Waals surface area (Å²) in [6.07, 6.45) is 3.67. The molecular formula is C19H24NO3+. The van der Waals surface area contributed by atoms with Gasteiger partial charge in [0.1, 0.15) is 18.0 Å². The number of nitrogens with one attached hydrogen (secondary N) is 1. The molecule has 1 aromatic rings. The minimum Gasteiger partial charge on any atom is -0.457 e. The molecule has 0 aromatic heterocycles. The molecule has 1 aromatic carbocycles. The number of rotatable bonds is 6. The smallest absolute Gasteiger partial charge is 0.348 e. The zero-order chi connectivity index (χ0) is 16.8. The average molecular weight is 314 g/mol. The molecular weight excluding hydrogens is 290 g/mol. The van der Waals surface area contributed by atoms with Crippen LogP contribution in [0, 0.1) is 0 Å². The highest BCUT2D eigenvalue weighted by Crippen LogP contribution is 2.12. The topological polar surface area (TPSA) is 47.8 Å². The fraction of sp³-hybridized carbons (Fsp3) is 0.368. The summed E-state index contributed by atoms with van der Waals surface area (Å²) in [6, 6.07) is 9.47. The summed E-state index contributed by atoms with van der Waals surface area (Å²) >= 11 is 0. The van der Waals surface area contributed by atoms with Crippen LogP contribution in [0.1, 0.15) is 39.2 Å². The maximum Gasteiger partial charge on any atom is 0.348 e. The van der Waals surface area contributed by atoms with Gasteiger partial charge in [0.15, 0.2) is 5.57 Å². The van der Waals surface area contributed by atoms with Gasteiger partial charge in [0.05, 0.1) is 6.54 Å². The second-order valence-electron chi connectivity index (χ2n) is 5.84. The number of carbonyl (C=O) groups is 2. The van der Waals surface area contributed by atoms with Crippen LogP contribution in [0.25, 0.3) is 0 Å². The van der Waals surface area contributed by atoms with Gasteiger partial charge in [-0.3, -0.25) is 9.69 Å². The molecule has 1 aliphatic rings. The van der Waals surface area contributed by atoms with Gasteiger partial charge < -0.3 is 4.74 Å². The van der Waals surface area contributed by atoms with Gasteiger partial charge >= 0.3 is 5.97 Å². The fourth-order valence-electron chi connectivity index (χ4n) is 2.77. The molecule has 1 unspecified atom stereocenters. The Morgan fingerprint density at radius 2 is 1.87 bits per heavy atom. The summed E-state index contributed by atoms with van der Waals surface area (Å²) in [6.45, 7) is 6.96. The molecule has 0 saturated heterocycles. The molecule has 0 saturated carbocycles. The number of hydrogen-bond donors (Lipinski definition) is 1. The minimum atomic E-state index is -0.533. The number of unbranched alkanes of at least 4 members (excludes halogenated alkanes) is 1. The van der Waals surface area contributed by atoms with Gasteiger partial charge in [0.25, 0.3) is 0 Å². The number of benzene rings is 1. The third-order valence-corrected chi connectivity index (χ3v) is 4.09. The molecule has 0 fully saturated rings. The number of quaternary nitrogens is 1. The normalized spacial score (nSPS) is 18.0. The van der Waals surface area contributed by atoms with Crippen LogP contribution >= 0.6 is 0 Å². The number of ether oxygens (including phenoxy) is 1. The summed E-state index contributed by atoms with van der Waals surface area (Å²) in [7, 11) is 0. The Bertz CT molecular complexity index is 644. The summed E-state index contributed by atoms with van der Waals surface area (Å²) in [5, 5.41) is 0. The molecule has 1 aliphatic heterocycles. The SMILES string of the molecule is CCCC[NH+]1C(C)=CC(=O)C(C(=O)OCc2ccccc2)=C1C. The number of hydrogen-bond acceptors (Lipinski definition) is 3. The zero-order valence-electron chi connectivity index (χ0n) is 14.0. The first-order valence-electron chi connectivity index (χ1n) is 8.05. The van der Waals surface area contributed by atoms with E-state index in [1.165, 1.54) is 0 Å². The van der Waals surface area contributed by atoms with Crippen LogP contribution in [0.2, 0.25) is 0 Å². The van der Waals surface area contributed by atoms with Crippen molar-refractivity contribution in [1.29, 1.82) is 0 Å². The molecule has 2 rings (SSSR count). The highest BCUT2D eigenvalue weighted by Gasteiger charge is 2.33. The van der Waals surface area contributed by atoms with E-state index in [1.54, 1.807) is 6.08 Å². The molecule has 23 heavy (non-hydrogen) atoms. The van der Waals surface area contributed by atoms with Crippen molar-refractivity contribution >= 4 is 11.8 Å². The molecule has 0 radical (unpaired) electrons. The van der Waals surface area contributed by atoms with Gasteiger partial charge in [0.2, 0.25) is 5.78 Å². The zero-order valence-corrected chi connectivity index (χ0v) is 14.0. The number of carbonyl (C=O) groups excluding carboxylic acids is 2. The average Bonchev–Trinajstić information content (AvgIpc) is 2.53. The van der Waals surface area contributed by atoms with Crippen LogP contribution in [0.15, 0.2) is 53.4 Å². The lowest BCUT2D eigenvalue weighted by atomic mass is 10.0. The van der Waals surface area contributed by atoms with E-state index >= 15 is 0 Å². The predicted octanol–water partition coefficient (Wildman–Crippen LogP) is 2.18. The van der Waals surface area contributed by atoms with Crippen LogP contribution in [0.3, 0.4) is 0 Å². The molecule has 1 N–H and O–H groups in total. The standard InChI is InChI=1S/C19H23NO3/c1-4-5-11-20-14(2)12-17(21)18(15(20)3)19(22)23-13-16-9-7-6-8-10-16/h6-10,12H,4-5,11,13H2,1-3H3/p+1. The highest BCUT2D eigenvalue weighted by atomic mass is 16.5. The van der Waals surface area contributed by atoms with Crippen LogP contribution in [-0.2, 0) is 20.9 Å². The van der Waals surface area contributed by atoms with Crippen LogP contribution < -0.4 is 4.90 Å². The Morgan fingerprint density at radius 3 is 2.52 bits per heavy atom. The quantitative estimate of drug-likeness (QED) is 0.647. The Kier molecular flexibility index (Phi) is 5.88. The maximum absolute atomic E-state index is 12.4. The fourth-order valence-corrected chi connectivity index (χ4v) is 2.77. The van der Waals surface area contributed by atoms with Crippen molar-refractivity contribution in [3.05, 3.63) is 58.9 Å². The third kappa shape index (κ3) is 4.17. The van der Waals surface area contributed by atoms with Crippen molar-refractivity contribution in [3.63, 3.8) is 0 Å². The van der Waals surface area contributed by atoms with Crippen molar-refractivity contribution in [1.82, 2.24) is 0 Å². The summed E-state index contributed by atoms with van der Waals surface area (Å²) in [5.74, 6) is -0.785. The molecule has 4 heteroatoms. The van der Waals surface area contributed by atoms with Gasteiger partial charge in [-0.1, -0.05) is 43.7 Å². The molecule has 122 valence electrons. The molecule has 0 amide bonds. The lowest BCUT2D eigenvalue weighted by Gasteiger charge is -2.24. The maximum atomic E-state index is 12.4. The van der Waals surface area contributed by atoms with Crippen molar-refractivity contribution in [2.45, 2.75) is 40.2 Å². The lowest BCUT2D eigenvalue weighted by molar-refractivity contribution is -0.820. The second-order valence-corrected chi connectivity index (χ2v) is 5.84. The van der Waals surface area contributed by atoms with Crippen LogP contribution in [0.4, 0.5) is 0 Å². The predicted molar refractivity (Wildman–Crippen MR) is 88.4 cm³/mol. The van der Waals surface area contributed by atoms with E-state index in [0.717, 1.165) is 41.2 Å². The summed E-state index contributed by atoms with van der Waals surface area (Å²) in [4.78, 5) is 25.7. The molecule has 4 nitrogen and oxygen atoms in total. The Morgan fingerprint density at radius 1 is 1.17 bits per heavy atom. The van der Waals surface area contributed by atoms with E-state index in [4.69, 9.17) is 4.74 Å². The lowest BCUT2D eigenvalue weighted by Crippen LogP contribution is -3.08. The van der Waals surface area contributed by atoms with Crippen LogP contribution in [-0.4, -0.2) is 18.3 Å². The molecule has 1 heterocycles. The van der Waals surface area contributed by atoms with Crippen molar-refractivity contribution in [2.75, 3.05) is 6.54 Å². The number of esters is 1. The van der Waals surface area contributed by atoms with E-state index in [-0.39, 0.29) is 18.0 Å². The van der Waals surface area contributed by atoms with E-state index < -0.39 is 5.97 Å². The summed E-state index contributed by atoms with van der Waals surface area (Å²) < 4.78 is 5.34. The van der Waals surface area contributed by atoms with Crippen molar-refractivity contribution in [3.8, 4) is 0 Å². The Labute approximate surface area is 137 Å². The van der Waals surface area contributed by atoms with Gasteiger partial charge in [0, 0.05) is 19.9 Å². The molecule has 0 spiro atoms. The number of allylic oxidation sites excluding steroid dienone is 3. The molecule has 0 bridgehead atoms. The molecule has 0 aliphatic carbocycles. The van der Waals surface area contributed by atoms with Gasteiger partial charge in [-0.25, -0.2) is 4.79 Å². The van der Waals surface area contributed by atoms with Gasteiger partial charge in [-0.15, -0.1) is 0 Å². The second kappa shape index (κ2) is 7.88.